The topological polar surface area (TPSA) is 69.7 Å². The Bertz CT molecular complexity index is 1110. The van der Waals surface area contributed by atoms with Crippen molar-refractivity contribution in [2.75, 3.05) is 26.2 Å². The van der Waals surface area contributed by atoms with Crippen LogP contribution in [0.15, 0.2) is 47.4 Å². The van der Waals surface area contributed by atoms with Crippen LogP contribution in [0.5, 0.6) is 0 Å². The van der Waals surface area contributed by atoms with E-state index in [0.717, 1.165) is 38.0 Å². The van der Waals surface area contributed by atoms with Gasteiger partial charge in [-0.15, -0.1) is 0 Å². The fourth-order valence-electron chi connectivity index (χ4n) is 4.73. The highest BCUT2D eigenvalue weighted by molar-refractivity contribution is 7.89. The zero-order valence-corrected chi connectivity index (χ0v) is 21.4. The monoisotopic (exact) mass is 503 g/mol. The van der Waals surface area contributed by atoms with E-state index < -0.39 is 10.0 Å². The smallest absolute Gasteiger partial charge is 0.253 e. The van der Waals surface area contributed by atoms with E-state index in [1.165, 1.54) is 47.3 Å². The lowest BCUT2D eigenvalue weighted by molar-refractivity contribution is 0.0950. The summed E-state index contributed by atoms with van der Waals surface area (Å²) in [7, 11) is -3.66. The van der Waals surface area contributed by atoms with Crippen molar-refractivity contribution in [1.29, 1.82) is 0 Å². The molecule has 6 nitrogen and oxygen atoms in total. The molecule has 0 bridgehead atoms. The lowest BCUT2D eigenvalue weighted by Gasteiger charge is -2.29. The average molecular weight is 504 g/mol. The summed E-state index contributed by atoms with van der Waals surface area (Å²) in [6.45, 7) is 6.58. The Hall–Kier alpha value is -1.93. The van der Waals surface area contributed by atoms with E-state index in [2.05, 4.69) is 23.2 Å². The number of sulfonamides is 1. The standard InChI is InChI=1S/C26H34ClN3O3S/c1-20-11-15-30(16-12-20)34(32,33)23-9-10-25(27)24(17-23)26(31)28-18-21-7-3-4-8-22(21)19-29-13-5-2-6-14-29/h3-4,7-10,17,20H,2,5-6,11-16,18-19H2,1H3,(H,28,31). The molecule has 2 saturated heterocycles. The highest BCUT2D eigenvalue weighted by atomic mass is 35.5. The Labute approximate surface area is 208 Å². The number of nitrogens with one attached hydrogen (secondary N) is 1. The van der Waals surface area contributed by atoms with Gasteiger partial charge in [-0.2, -0.15) is 4.31 Å². The van der Waals surface area contributed by atoms with Crippen molar-refractivity contribution < 1.29 is 13.2 Å². The van der Waals surface area contributed by atoms with Crippen molar-refractivity contribution >= 4 is 27.5 Å². The summed E-state index contributed by atoms with van der Waals surface area (Å²) in [6.07, 6.45) is 5.44. The van der Waals surface area contributed by atoms with Crippen LogP contribution in [-0.2, 0) is 23.1 Å². The van der Waals surface area contributed by atoms with Crippen molar-refractivity contribution in [3.05, 3.63) is 64.2 Å². The lowest BCUT2D eigenvalue weighted by Crippen LogP contribution is -2.38. The van der Waals surface area contributed by atoms with Gasteiger partial charge in [0.2, 0.25) is 10.0 Å². The molecule has 0 atom stereocenters. The summed E-state index contributed by atoms with van der Waals surface area (Å²) < 4.78 is 27.8. The van der Waals surface area contributed by atoms with Gasteiger partial charge in [0.25, 0.3) is 5.91 Å². The number of halogens is 1. The van der Waals surface area contributed by atoms with Gasteiger partial charge in [0.1, 0.15) is 0 Å². The summed E-state index contributed by atoms with van der Waals surface area (Å²) in [5.74, 6) is 0.151. The van der Waals surface area contributed by atoms with Gasteiger partial charge in [0.15, 0.2) is 0 Å². The minimum absolute atomic E-state index is 0.113. The summed E-state index contributed by atoms with van der Waals surface area (Å²) in [5.41, 5.74) is 2.44. The maximum absolute atomic E-state index is 13.1. The molecule has 2 fully saturated rings. The van der Waals surface area contributed by atoms with Gasteiger partial charge in [-0.25, -0.2) is 8.42 Å². The third kappa shape index (κ3) is 6.00. The van der Waals surface area contributed by atoms with Crippen LogP contribution in [0.25, 0.3) is 0 Å². The minimum atomic E-state index is -3.66. The Morgan fingerprint density at radius 2 is 1.68 bits per heavy atom. The second kappa shape index (κ2) is 11.2. The molecule has 0 aromatic heterocycles. The number of likely N-dealkylation sites (tertiary alicyclic amines) is 1. The Kier molecular flexibility index (Phi) is 8.30. The van der Waals surface area contributed by atoms with Gasteiger partial charge in [0.05, 0.1) is 15.5 Å². The molecule has 2 aromatic carbocycles. The number of nitrogens with zero attached hydrogens (tertiary/aromatic N) is 2. The van der Waals surface area contributed by atoms with Crippen molar-refractivity contribution in [2.45, 2.75) is 57.0 Å². The number of amides is 1. The molecule has 2 aromatic rings. The zero-order valence-electron chi connectivity index (χ0n) is 19.8. The van der Waals surface area contributed by atoms with Crippen LogP contribution < -0.4 is 5.32 Å². The second-order valence-electron chi connectivity index (χ2n) is 9.52. The number of piperidine rings is 2. The molecule has 8 heteroatoms. The normalized spacial score (nSPS) is 18.6. The maximum Gasteiger partial charge on any atom is 0.253 e. The van der Waals surface area contributed by atoms with Crippen LogP contribution in [0, 0.1) is 5.92 Å². The van der Waals surface area contributed by atoms with Crippen molar-refractivity contribution in [1.82, 2.24) is 14.5 Å². The van der Waals surface area contributed by atoms with E-state index in [1.54, 1.807) is 0 Å². The first-order valence-electron chi connectivity index (χ1n) is 12.2. The number of carbonyl (C=O) groups is 1. The SMILES string of the molecule is CC1CCN(S(=O)(=O)c2ccc(Cl)c(C(=O)NCc3ccccc3CN3CCCCC3)c2)CC1. The predicted octanol–water partition coefficient (Wildman–Crippen LogP) is 4.68. The minimum Gasteiger partial charge on any atom is -0.348 e. The molecule has 2 heterocycles. The highest BCUT2D eigenvalue weighted by Gasteiger charge is 2.29. The first-order chi connectivity index (χ1) is 16.3. The first kappa shape index (κ1) is 25.2. The third-order valence-corrected chi connectivity index (χ3v) is 9.19. The van der Waals surface area contributed by atoms with Crippen molar-refractivity contribution in [2.24, 2.45) is 5.92 Å². The number of hydrogen-bond donors (Lipinski definition) is 1. The lowest BCUT2D eigenvalue weighted by atomic mass is 10.0. The van der Waals surface area contributed by atoms with Gasteiger partial charge in [-0.1, -0.05) is 49.2 Å². The highest BCUT2D eigenvalue weighted by Crippen LogP contribution is 2.27. The second-order valence-corrected chi connectivity index (χ2v) is 11.9. The quantitative estimate of drug-likeness (QED) is 0.595. The molecule has 184 valence electrons. The van der Waals surface area contributed by atoms with Gasteiger partial charge in [-0.05, 0) is 74.0 Å². The van der Waals surface area contributed by atoms with Gasteiger partial charge in [-0.3, -0.25) is 9.69 Å². The number of rotatable bonds is 7. The average Bonchev–Trinajstić information content (AvgIpc) is 2.84. The molecular weight excluding hydrogens is 470 g/mol. The zero-order chi connectivity index (χ0) is 24.1. The summed E-state index contributed by atoms with van der Waals surface area (Å²) in [4.78, 5) is 15.6. The Morgan fingerprint density at radius 3 is 2.38 bits per heavy atom. The van der Waals surface area contributed by atoms with Crippen LogP contribution in [0.1, 0.15) is 60.5 Å². The largest absolute Gasteiger partial charge is 0.348 e. The van der Waals surface area contributed by atoms with E-state index in [4.69, 9.17) is 11.6 Å². The summed E-state index contributed by atoms with van der Waals surface area (Å²) >= 11 is 6.31. The molecular formula is C26H34ClN3O3S. The Morgan fingerprint density at radius 1 is 1.00 bits per heavy atom. The van der Waals surface area contributed by atoms with Crippen molar-refractivity contribution in [3.8, 4) is 0 Å². The van der Waals surface area contributed by atoms with Gasteiger partial charge in [0, 0.05) is 26.2 Å². The number of benzene rings is 2. The molecule has 1 N–H and O–H groups in total. The molecule has 2 aliphatic rings. The fraction of sp³-hybridized carbons (Fsp3) is 0.500. The van der Waals surface area contributed by atoms with E-state index in [1.807, 2.05) is 18.2 Å². The third-order valence-electron chi connectivity index (χ3n) is 6.96. The van der Waals surface area contributed by atoms with Crippen LogP contribution in [0.3, 0.4) is 0 Å². The fourth-order valence-corrected chi connectivity index (χ4v) is 6.43. The van der Waals surface area contributed by atoms with E-state index in [-0.39, 0.29) is 21.4 Å². The molecule has 0 unspecified atom stereocenters. The number of carbonyl (C=O) groups excluding carboxylic acids is 1. The van der Waals surface area contributed by atoms with E-state index in [9.17, 15) is 13.2 Å². The molecule has 0 spiro atoms. The van der Waals surface area contributed by atoms with Crippen LogP contribution >= 0.6 is 11.6 Å². The van der Waals surface area contributed by atoms with Crippen LogP contribution in [-0.4, -0.2) is 49.7 Å². The van der Waals surface area contributed by atoms with Gasteiger partial charge < -0.3 is 5.32 Å². The first-order valence-corrected chi connectivity index (χ1v) is 14.0. The van der Waals surface area contributed by atoms with E-state index in [0.29, 0.717) is 25.6 Å². The Balaban J connectivity index is 1.46. The number of hydrogen-bond acceptors (Lipinski definition) is 4. The molecule has 0 radical (unpaired) electrons. The van der Waals surface area contributed by atoms with Crippen LogP contribution in [0.2, 0.25) is 5.02 Å². The molecule has 0 saturated carbocycles. The summed E-state index contributed by atoms with van der Waals surface area (Å²) in [5, 5.41) is 3.19. The molecule has 0 aliphatic carbocycles. The predicted molar refractivity (Wildman–Crippen MR) is 135 cm³/mol. The molecule has 2 aliphatic heterocycles. The molecule has 34 heavy (non-hydrogen) atoms. The molecule has 1 amide bonds. The van der Waals surface area contributed by atoms with E-state index >= 15 is 0 Å². The van der Waals surface area contributed by atoms with Crippen molar-refractivity contribution in [3.63, 3.8) is 0 Å². The van der Waals surface area contributed by atoms with Crippen LogP contribution in [0.4, 0.5) is 0 Å². The maximum atomic E-state index is 13.1. The summed E-state index contributed by atoms with van der Waals surface area (Å²) in [6, 6.07) is 12.5. The molecule has 4 rings (SSSR count). The van der Waals surface area contributed by atoms with Gasteiger partial charge >= 0.3 is 0 Å².